The first kappa shape index (κ1) is 16.4. The predicted molar refractivity (Wildman–Crippen MR) is 89.9 cm³/mol. The van der Waals surface area contributed by atoms with Crippen molar-refractivity contribution in [3.05, 3.63) is 45.4 Å². The molecule has 8 heteroatoms. The number of aryl methyl sites for hydroxylation is 1. The Morgan fingerprint density at radius 1 is 1.52 bits per heavy atom. The maximum Gasteiger partial charge on any atom is 0.244 e. The summed E-state index contributed by atoms with van der Waals surface area (Å²) >= 11 is 9.12. The highest BCUT2D eigenvalue weighted by Gasteiger charge is 2.32. The molecule has 23 heavy (non-hydrogen) atoms. The van der Waals surface area contributed by atoms with Crippen molar-refractivity contribution in [2.75, 3.05) is 11.4 Å². The fourth-order valence-corrected chi connectivity index (χ4v) is 3.24. The third-order valence-corrected chi connectivity index (χ3v) is 4.92. The molecule has 1 saturated heterocycles. The van der Waals surface area contributed by atoms with E-state index in [9.17, 15) is 9.18 Å². The smallest absolute Gasteiger partial charge is 0.244 e. The molecular formula is C15H15BrClFN4O. The lowest BCUT2D eigenvalue weighted by atomic mass is 10.2. The number of anilines is 1. The molecule has 1 aromatic heterocycles. The Balaban J connectivity index is 1.68. The summed E-state index contributed by atoms with van der Waals surface area (Å²) in [6, 6.07) is 4.12. The molecule has 0 saturated carbocycles. The Hall–Kier alpha value is -1.44. The average Bonchev–Trinajstić information content (AvgIpc) is 3.04. The zero-order valence-corrected chi connectivity index (χ0v) is 14.7. The summed E-state index contributed by atoms with van der Waals surface area (Å²) < 4.78 is 16.2. The molecule has 0 radical (unpaired) electrons. The van der Waals surface area contributed by atoms with Gasteiger partial charge in [-0.25, -0.2) is 4.39 Å². The van der Waals surface area contributed by atoms with Gasteiger partial charge >= 0.3 is 0 Å². The second kappa shape index (κ2) is 6.59. The molecule has 2 heterocycles. The Bertz CT molecular complexity index is 732. The van der Waals surface area contributed by atoms with E-state index in [1.807, 2.05) is 7.05 Å². The number of hydrogen-bond donors (Lipinski definition) is 1. The van der Waals surface area contributed by atoms with Gasteiger partial charge in [-0.05, 0) is 40.5 Å². The second-order valence-electron chi connectivity index (χ2n) is 5.37. The van der Waals surface area contributed by atoms with Crippen molar-refractivity contribution >= 4 is 39.1 Å². The van der Waals surface area contributed by atoms with Crippen LogP contribution in [-0.4, -0.2) is 28.3 Å². The van der Waals surface area contributed by atoms with E-state index in [4.69, 9.17) is 11.6 Å². The maximum atomic E-state index is 13.6. The van der Waals surface area contributed by atoms with Crippen molar-refractivity contribution in [2.45, 2.75) is 19.0 Å². The van der Waals surface area contributed by atoms with Crippen molar-refractivity contribution < 1.29 is 9.18 Å². The number of nitrogens with one attached hydrogen (secondary N) is 1. The van der Waals surface area contributed by atoms with Crippen LogP contribution in [0.5, 0.6) is 0 Å². The Morgan fingerprint density at radius 3 is 2.96 bits per heavy atom. The molecule has 0 unspecified atom stereocenters. The Kier molecular flexibility index (Phi) is 4.70. The molecule has 122 valence electrons. The van der Waals surface area contributed by atoms with Crippen molar-refractivity contribution in [1.29, 1.82) is 0 Å². The Morgan fingerprint density at radius 2 is 2.30 bits per heavy atom. The van der Waals surface area contributed by atoms with E-state index in [0.29, 0.717) is 25.2 Å². The van der Waals surface area contributed by atoms with E-state index in [-0.39, 0.29) is 17.0 Å². The van der Waals surface area contributed by atoms with Crippen LogP contribution < -0.4 is 10.2 Å². The van der Waals surface area contributed by atoms with Gasteiger partial charge < -0.3 is 10.2 Å². The van der Waals surface area contributed by atoms with E-state index in [0.717, 1.165) is 10.2 Å². The minimum Gasteiger partial charge on any atom is -0.311 e. The molecule has 1 fully saturated rings. The van der Waals surface area contributed by atoms with Crippen LogP contribution in [0, 0.1) is 5.82 Å². The Labute approximate surface area is 146 Å². The number of aromatic nitrogens is 2. The molecule has 1 amide bonds. The standard InChI is InChI=1S/C15H15BrClFN4O/c1-21-14(10(16)7-20-21)8-19-13-4-5-22(15(13)23)9-2-3-11(17)12(18)6-9/h2-3,6-7,13,19H,4-5,8H2,1H3/t13-/m0/s1. The molecule has 1 atom stereocenters. The number of benzene rings is 1. The van der Waals surface area contributed by atoms with Gasteiger partial charge in [0.05, 0.1) is 27.4 Å². The first-order valence-corrected chi connectivity index (χ1v) is 8.30. The van der Waals surface area contributed by atoms with Crippen molar-refractivity contribution in [3.63, 3.8) is 0 Å². The third kappa shape index (κ3) is 3.27. The maximum absolute atomic E-state index is 13.6. The van der Waals surface area contributed by atoms with Crippen LogP contribution in [0.1, 0.15) is 12.1 Å². The third-order valence-electron chi connectivity index (χ3n) is 3.95. The van der Waals surface area contributed by atoms with Crippen LogP contribution in [-0.2, 0) is 18.4 Å². The van der Waals surface area contributed by atoms with Gasteiger partial charge in [-0.1, -0.05) is 11.6 Å². The van der Waals surface area contributed by atoms with Gasteiger partial charge in [0.2, 0.25) is 5.91 Å². The summed E-state index contributed by atoms with van der Waals surface area (Å²) in [5.41, 5.74) is 1.50. The van der Waals surface area contributed by atoms with E-state index >= 15 is 0 Å². The average molecular weight is 402 g/mol. The molecule has 1 aliphatic heterocycles. The normalized spacial score (nSPS) is 18.0. The molecule has 1 aliphatic rings. The molecule has 1 aromatic carbocycles. The van der Waals surface area contributed by atoms with Crippen molar-refractivity contribution in [2.24, 2.45) is 7.05 Å². The quantitative estimate of drug-likeness (QED) is 0.857. The molecule has 0 aliphatic carbocycles. The lowest BCUT2D eigenvalue weighted by Crippen LogP contribution is -2.38. The number of rotatable bonds is 4. The van der Waals surface area contributed by atoms with Gasteiger partial charge in [0, 0.05) is 25.8 Å². The van der Waals surface area contributed by atoms with Gasteiger partial charge in [-0.3, -0.25) is 9.48 Å². The highest BCUT2D eigenvalue weighted by molar-refractivity contribution is 9.10. The van der Waals surface area contributed by atoms with E-state index in [2.05, 4.69) is 26.3 Å². The summed E-state index contributed by atoms with van der Waals surface area (Å²) in [5.74, 6) is -0.586. The van der Waals surface area contributed by atoms with Gasteiger partial charge in [-0.2, -0.15) is 5.10 Å². The summed E-state index contributed by atoms with van der Waals surface area (Å²) in [5, 5.41) is 7.43. The van der Waals surface area contributed by atoms with Crippen LogP contribution in [0.3, 0.4) is 0 Å². The molecule has 0 bridgehead atoms. The minimum atomic E-state index is -0.521. The highest BCUT2D eigenvalue weighted by atomic mass is 79.9. The number of amides is 1. The number of halogens is 3. The van der Waals surface area contributed by atoms with E-state index in [1.54, 1.807) is 21.8 Å². The lowest BCUT2D eigenvalue weighted by Gasteiger charge is -2.17. The van der Waals surface area contributed by atoms with Crippen LogP contribution in [0.15, 0.2) is 28.9 Å². The molecule has 3 rings (SSSR count). The first-order valence-electron chi connectivity index (χ1n) is 7.13. The first-order chi connectivity index (χ1) is 11.0. The van der Waals surface area contributed by atoms with Crippen molar-refractivity contribution in [1.82, 2.24) is 15.1 Å². The zero-order valence-electron chi connectivity index (χ0n) is 12.4. The van der Waals surface area contributed by atoms with Crippen LogP contribution in [0.4, 0.5) is 10.1 Å². The van der Waals surface area contributed by atoms with Gasteiger partial charge in [0.25, 0.3) is 0 Å². The monoisotopic (exact) mass is 400 g/mol. The molecular weight excluding hydrogens is 387 g/mol. The van der Waals surface area contributed by atoms with Gasteiger partial charge in [0.1, 0.15) is 5.82 Å². The molecule has 5 nitrogen and oxygen atoms in total. The van der Waals surface area contributed by atoms with E-state index < -0.39 is 5.82 Å². The predicted octanol–water partition coefficient (Wildman–Crippen LogP) is 2.87. The molecule has 1 N–H and O–H groups in total. The summed E-state index contributed by atoms with van der Waals surface area (Å²) in [7, 11) is 1.85. The highest BCUT2D eigenvalue weighted by Crippen LogP contribution is 2.26. The molecule has 2 aromatic rings. The second-order valence-corrected chi connectivity index (χ2v) is 6.63. The van der Waals surface area contributed by atoms with E-state index in [1.165, 1.54) is 12.1 Å². The van der Waals surface area contributed by atoms with Crippen LogP contribution >= 0.6 is 27.5 Å². The number of carbonyl (C=O) groups excluding carboxylic acids is 1. The fraction of sp³-hybridized carbons (Fsp3) is 0.333. The largest absolute Gasteiger partial charge is 0.311 e. The fourth-order valence-electron chi connectivity index (χ4n) is 2.63. The van der Waals surface area contributed by atoms with Crippen LogP contribution in [0.25, 0.3) is 0 Å². The zero-order chi connectivity index (χ0) is 16.6. The minimum absolute atomic E-state index is 0.0520. The van der Waals surface area contributed by atoms with Crippen molar-refractivity contribution in [3.8, 4) is 0 Å². The number of nitrogens with zero attached hydrogens (tertiary/aromatic N) is 3. The number of carbonyl (C=O) groups is 1. The summed E-state index contributed by atoms with van der Waals surface area (Å²) in [6.45, 7) is 1.07. The van der Waals surface area contributed by atoms with Gasteiger partial charge in [-0.15, -0.1) is 0 Å². The summed E-state index contributed by atoms with van der Waals surface area (Å²) in [6.07, 6.45) is 2.38. The van der Waals surface area contributed by atoms with Crippen LogP contribution in [0.2, 0.25) is 5.02 Å². The lowest BCUT2D eigenvalue weighted by molar-refractivity contribution is -0.118. The summed E-state index contributed by atoms with van der Waals surface area (Å²) in [4.78, 5) is 14.1. The topological polar surface area (TPSA) is 50.2 Å². The van der Waals surface area contributed by atoms with Gasteiger partial charge in [0.15, 0.2) is 0 Å². The SMILES string of the molecule is Cn1ncc(Br)c1CN[C@H]1CCN(c2ccc(Cl)c(F)c2)C1=O. The number of hydrogen-bond acceptors (Lipinski definition) is 3. The molecule has 0 spiro atoms.